The van der Waals surface area contributed by atoms with E-state index in [0.717, 1.165) is 5.56 Å². The van der Waals surface area contributed by atoms with Crippen LogP contribution in [0.15, 0.2) is 83.0 Å². The van der Waals surface area contributed by atoms with Crippen LogP contribution in [0, 0.1) is 0 Å². The van der Waals surface area contributed by atoms with Crippen LogP contribution in [0.25, 0.3) is 5.76 Å². The van der Waals surface area contributed by atoms with Crippen LogP contribution in [0.1, 0.15) is 22.7 Å². The van der Waals surface area contributed by atoms with E-state index in [1.807, 2.05) is 24.3 Å². The largest absolute Gasteiger partial charge is 0.507 e. The molecule has 1 fully saturated rings. The molecule has 0 bridgehead atoms. The van der Waals surface area contributed by atoms with Crippen molar-refractivity contribution in [1.29, 1.82) is 0 Å². The molecular formula is C25H16Cl2N4O3S2. The lowest BCUT2D eigenvalue weighted by Crippen LogP contribution is -2.29. The Bertz CT molecular complexity index is 1460. The highest BCUT2D eigenvalue weighted by molar-refractivity contribution is 8.00. The van der Waals surface area contributed by atoms with Crippen LogP contribution in [-0.2, 0) is 15.3 Å². The van der Waals surface area contributed by atoms with Gasteiger partial charge in [-0.2, -0.15) is 0 Å². The van der Waals surface area contributed by atoms with Crippen molar-refractivity contribution in [3.05, 3.63) is 105 Å². The molecule has 7 nitrogen and oxygen atoms in total. The van der Waals surface area contributed by atoms with Gasteiger partial charge >= 0.3 is 5.91 Å². The number of anilines is 1. The number of carbonyl (C=O) groups is 2. The summed E-state index contributed by atoms with van der Waals surface area (Å²) in [4.78, 5) is 31.7. The highest BCUT2D eigenvalue weighted by Crippen LogP contribution is 2.44. The SMILES string of the molecule is O=C1C(=O)N(c2nnc(SCc3ccc(Cl)cc3)s2)C(c2ccc(Cl)cc2)C1=C(O)c1ccncc1. The molecule has 1 atom stereocenters. The Labute approximate surface area is 224 Å². The van der Waals surface area contributed by atoms with Crippen LogP contribution >= 0.6 is 46.3 Å². The molecule has 2 aromatic heterocycles. The Kier molecular flexibility index (Phi) is 7.06. The molecule has 4 aromatic rings. The van der Waals surface area contributed by atoms with Crippen LogP contribution in [0.3, 0.4) is 0 Å². The van der Waals surface area contributed by atoms with E-state index in [0.29, 0.717) is 31.3 Å². The second-order valence-electron chi connectivity index (χ2n) is 7.72. The van der Waals surface area contributed by atoms with Crippen LogP contribution in [-0.4, -0.2) is 32.0 Å². The van der Waals surface area contributed by atoms with Crippen LogP contribution < -0.4 is 4.90 Å². The number of aromatic nitrogens is 3. The zero-order valence-electron chi connectivity index (χ0n) is 18.3. The third-order valence-corrected chi connectivity index (χ3v) is 8.09. The van der Waals surface area contributed by atoms with Crippen LogP contribution in [0.5, 0.6) is 0 Å². The summed E-state index contributed by atoms with van der Waals surface area (Å²) in [5.74, 6) is -1.27. The number of Topliss-reactive ketones (excluding diaryl/α,β-unsaturated/α-hetero) is 1. The summed E-state index contributed by atoms with van der Waals surface area (Å²) in [6.07, 6.45) is 2.99. The first kappa shape index (κ1) is 24.5. The maximum absolute atomic E-state index is 13.2. The number of ketones is 1. The number of hydrogen-bond acceptors (Lipinski definition) is 8. The molecule has 1 unspecified atom stereocenters. The third kappa shape index (κ3) is 4.87. The van der Waals surface area contributed by atoms with Gasteiger partial charge in [0, 0.05) is 33.8 Å². The van der Waals surface area contributed by atoms with Crippen molar-refractivity contribution in [3.63, 3.8) is 0 Å². The molecule has 0 aliphatic carbocycles. The summed E-state index contributed by atoms with van der Waals surface area (Å²) < 4.78 is 0.630. The second kappa shape index (κ2) is 10.4. The zero-order valence-corrected chi connectivity index (χ0v) is 21.5. The summed E-state index contributed by atoms with van der Waals surface area (Å²) in [7, 11) is 0. The number of pyridine rings is 1. The standard InChI is InChI=1S/C25H16Cl2N4O3S2/c26-17-5-1-14(2-6-17)13-35-25-30-29-24(36-25)31-20(15-3-7-18(27)8-4-15)19(22(33)23(31)34)21(32)16-9-11-28-12-10-16/h1-12,20,32H,13H2. The normalized spacial score (nSPS) is 17.1. The van der Waals surface area contributed by atoms with Gasteiger partial charge in [-0.15, -0.1) is 10.2 Å². The summed E-state index contributed by atoms with van der Waals surface area (Å²) in [5.41, 5.74) is 1.98. The maximum atomic E-state index is 13.2. The van der Waals surface area contributed by atoms with Crippen molar-refractivity contribution in [3.8, 4) is 0 Å². The Morgan fingerprint density at radius 2 is 1.58 bits per heavy atom. The Morgan fingerprint density at radius 3 is 2.25 bits per heavy atom. The van der Waals surface area contributed by atoms with E-state index in [2.05, 4.69) is 15.2 Å². The van der Waals surface area contributed by atoms with Crippen LogP contribution in [0.2, 0.25) is 10.0 Å². The molecule has 1 amide bonds. The van der Waals surface area contributed by atoms with Crippen molar-refractivity contribution in [2.24, 2.45) is 0 Å². The molecule has 0 spiro atoms. The van der Waals surface area contributed by atoms with Crippen molar-refractivity contribution >= 4 is 68.9 Å². The first-order valence-electron chi connectivity index (χ1n) is 10.6. The van der Waals surface area contributed by atoms with Crippen molar-refractivity contribution in [1.82, 2.24) is 15.2 Å². The van der Waals surface area contributed by atoms with E-state index in [1.165, 1.54) is 40.4 Å². The predicted octanol–water partition coefficient (Wildman–Crippen LogP) is 6.16. The summed E-state index contributed by atoms with van der Waals surface area (Å²) >= 11 is 14.7. The van der Waals surface area contributed by atoms with Gasteiger partial charge in [-0.25, -0.2) is 0 Å². The van der Waals surface area contributed by atoms with Gasteiger partial charge in [0.25, 0.3) is 5.78 Å². The minimum atomic E-state index is -0.905. The van der Waals surface area contributed by atoms with Gasteiger partial charge in [0.05, 0.1) is 11.6 Å². The fourth-order valence-electron chi connectivity index (χ4n) is 3.74. The molecule has 3 heterocycles. The molecule has 1 N–H and O–H groups in total. The lowest BCUT2D eigenvalue weighted by atomic mass is 9.96. The smallest absolute Gasteiger partial charge is 0.301 e. The van der Waals surface area contributed by atoms with E-state index in [4.69, 9.17) is 23.2 Å². The van der Waals surface area contributed by atoms with E-state index in [9.17, 15) is 14.7 Å². The van der Waals surface area contributed by atoms with Gasteiger partial charge in [0.1, 0.15) is 5.76 Å². The summed E-state index contributed by atoms with van der Waals surface area (Å²) in [6.45, 7) is 0. The zero-order chi connectivity index (χ0) is 25.2. The fraction of sp³-hybridized carbons (Fsp3) is 0.0800. The molecule has 2 aromatic carbocycles. The molecular weight excluding hydrogens is 539 g/mol. The number of halogens is 2. The quantitative estimate of drug-likeness (QED) is 0.100. The number of thioether (sulfide) groups is 1. The first-order valence-corrected chi connectivity index (χ1v) is 13.2. The number of rotatable bonds is 6. The van der Waals surface area contributed by atoms with Gasteiger partial charge in [0.2, 0.25) is 5.13 Å². The van der Waals surface area contributed by atoms with Gasteiger partial charge in [-0.05, 0) is 47.5 Å². The molecule has 36 heavy (non-hydrogen) atoms. The molecule has 0 radical (unpaired) electrons. The Hall–Kier alpha value is -3.24. The van der Waals surface area contributed by atoms with E-state index in [-0.39, 0.29) is 16.5 Å². The fourth-order valence-corrected chi connectivity index (χ4v) is 5.81. The Balaban J connectivity index is 1.52. The number of nitrogens with zero attached hydrogens (tertiary/aromatic N) is 4. The molecule has 1 aliphatic rings. The Morgan fingerprint density at radius 1 is 0.944 bits per heavy atom. The molecule has 1 aliphatic heterocycles. The predicted molar refractivity (Wildman–Crippen MR) is 141 cm³/mol. The highest BCUT2D eigenvalue weighted by atomic mass is 35.5. The number of aliphatic hydroxyl groups excluding tert-OH is 1. The number of aliphatic hydroxyl groups is 1. The molecule has 180 valence electrons. The number of carbonyl (C=O) groups excluding carboxylic acids is 2. The van der Waals surface area contributed by atoms with Gasteiger partial charge in [-0.3, -0.25) is 19.5 Å². The molecule has 5 rings (SSSR count). The lowest BCUT2D eigenvalue weighted by molar-refractivity contribution is -0.132. The average molecular weight is 555 g/mol. The monoisotopic (exact) mass is 554 g/mol. The second-order valence-corrected chi connectivity index (χ2v) is 10.8. The van der Waals surface area contributed by atoms with Gasteiger partial charge in [0.15, 0.2) is 4.34 Å². The van der Waals surface area contributed by atoms with Crippen molar-refractivity contribution < 1.29 is 14.7 Å². The summed E-state index contributed by atoms with van der Waals surface area (Å²) in [6, 6.07) is 16.5. The topological polar surface area (TPSA) is 96.3 Å². The van der Waals surface area contributed by atoms with E-state index in [1.54, 1.807) is 36.4 Å². The van der Waals surface area contributed by atoms with Crippen molar-refractivity contribution in [2.75, 3.05) is 4.90 Å². The minimum absolute atomic E-state index is 0.0425. The maximum Gasteiger partial charge on any atom is 0.301 e. The van der Waals surface area contributed by atoms with Gasteiger partial charge in [-0.1, -0.05) is 70.6 Å². The number of hydrogen-bond donors (Lipinski definition) is 1. The third-order valence-electron chi connectivity index (χ3n) is 5.46. The van der Waals surface area contributed by atoms with Gasteiger partial charge < -0.3 is 5.11 Å². The first-order chi connectivity index (χ1) is 17.4. The van der Waals surface area contributed by atoms with Crippen LogP contribution in [0.4, 0.5) is 5.13 Å². The minimum Gasteiger partial charge on any atom is -0.507 e. The van der Waals surface area contributed by atoms with E-state index >= 15 is 0 Å². The number of amides is 1. The average Bonchev–Trinajstić information content (AvgIpc) is 3.46. The summed E-state index contributed by atoms with van der Waals surface area (Å²) in [5, 5.41) is 20.9. The molecule has 11 heteroatoms. The highest BCUT2D eigenvalue weighted by Gasteiger charge is 2.48. The molecule has 0 saturated carbocycles. The lowest BCUT2D eigenvalue weighted by Gasteiger charge is -2.22. The molecule has 1 saturated heterocycles. The van der Waals surface area contributed by atoms with E-state index < -0.39 is 17.7 Å². The van der Waals surface area contributed by atoms with Crippen molar-refractivity contribution in [2.45, 2.75) is 16.1 Å². The number of benzene rings is 2.